The molecule has 0 amide bonds. The molecule has 2 rings (SSSR count). The van der Waals surface area contributed by atoms with E-state index in [9.17, 15) is 4.79 Å². The molecule has 0 spiro atoms. The van der Waals surface area contributed by atoms with E-state index in [1.807, 2.05) is 18.2 Å². The third kappa shape index (κ3) is 3.99. The normalized spacial score (nSPS) is 15.9. The molecule has 0 aromatic heterocycles. The first-order valence-corrected chi connectivity index (χ1v) is 7.45. The van der Waals surface area contributed by atoms with E-state index in [-0.39, 0.29) is 0 Å². The second-order valence-corrected chi connectivity index (χ2v) is 5.61. The summed E-state index contributed by atoms with van der Waals surface area (Å²) in [4.78, 5) is 12.2. The maximum Gasteiger partial charge on any atom is 0.161 e. The van der Waals surface area contributed by atoms with E-state index in [1.54, 1.807) is 14.2 Å². The molecule has 0 radical (unpaired) electrons. The van der Waals surface area contributed by atoms with Crippen LogP contribution in [-0.4, -0.2) is 20.0 Å². The molecule has 0 atom stereocenters. The average molecular weight is 276 g/mol. The standard InChI is InChI=1S/C17H24O3/c1-19-16-9-8-14(12-17(16)20-2)11-15(18)10-13-6-4-3-5-7-13/h8-9,12-13H,3-7,10-11H2,1-2H3. The molecule has 0 bridgehead atoms. The van der Waals surface area contributed by atoms with Crippen LogP contribution in [0, 0.1) is 5.92 Å². The van der Waals surface area contributed by atoms with Gasteiger partial charge in [-0.3, -0.25) is 4.79 Å². The number of hydrogen-bond acceptors (Lipinski definition) is 3. The first-order valence-electron chi connectivity index (χ1n) is 7.45. The Morgan fingerprint density at radius 2 is 1.80 bits per heavy atom. The van der Waals surface area contributed by atoms with Crippen LogP contribution in [0.2, 0.25) is 0 Å². The van der Waals surface area contributed by atoms with Crippen molar-refractivity contribution >= 4 is 5.78 Å². The predicted molar refractivity (Wildman–Crippen MR) is 79.4 cm³/mol. The summed E-state index contributed by atoms with van der Waals surface area (Å²) in [5, 5.41) is 0. The van der Waals surface area contributed by atoms with E-state index >= 15 is 0 Å². The highest BCUT2D eigenvalue weighted by atomic mass is 16.5. The Bertz CT molecular complexity index is 448. The SMILES string of the molecule is COc1ccc(CC(=O)CC2CCCCC2)cc1OC. The smallest absolute Gasteiger partial charge is 0.161 e. The van der Waals surface area contributed by atoms with Crippen molar-refractivity contribution in [2.45, 2.75) is 44.9 Å². The van der Waals surface area contributed by atoms with Crippen molar-refractivity contribution in [1.29, 1.82) is 0 Å². The number of methoxy groups -OCH3 is 2. The molecule has 0 N–H and O–H groups in total. The van der Waals surface area contributed by atoms with Gasteiger partial charge in [0.15, 0.2) is 11.5 Å². The lowest BCUT2D eigenvalue weighted by Gasteiger charge is -2.20. The minimum absolute atomic E-state index is 0.337. The summed E-state index contributed by atoms with van der Waals surface area (Å²) in [5.41, 5.74) is 1.00. The van der Waals surface area contributed by atoms with Gasteiger partial charge in [-0.1, -0.05) is 38.2 Å². The number of ketones is 1. The van der Waals surface area contributed by atoms with E-state index in [1.165, 1.54) is 32.1 Å². The molecule has 3 heteroatoms. The largest absolute Gasteiger partial charge is 0.493 e. The second-order valence-electron chi connectivity index (χ2n) is 5.61. The van der Waals surface area contributed by atoms with Crippen LogP contribution in [-0.2, 0) is 11.2 Å². The molecule has 1 aliphatic rings. The highest BCUT2D eigenvalue weighted by Gasteiger charge is 2.17. The van der Waals surface area contributed by atoms with E-state index in [0.717, 1.165) is 12.0 Å². The van der Waals surface area contributed by atoms with Gasteiger partial charge in [-0.2, -0.15) is 0 Å². The Kier molecular flexibility index (Phi) is 5.45. The molecule has 0 aliphatic heterocycles. The summed E-state index contributed by atoms with van der Waals surface area (Å²) in [6.07, 6.45) is 7.57. The molecule has 0 saturated heterocycles. The number of ether oxygens (including phenoxy) is 2. The Labute approximate surface area is 121 Å². The van der Waals surface area contributed by atoms with Crippen LogP contribution in [0.15, 0.2) is 18.2 Å². The van der Waals surface area contributed by atoms with E-state index in [0.29, 0.717) is 29.6 Å². The summed E-state index contributed by atoms with van der Waals surface area (Å²) in [6, 6.07) is 5.71. The van der Waals surface area contributed by atoms with Crippen LogP contribution >= 0.6 is 0 Å². The van der Waals surface area contributed by atoms with Crippen LogP contribution in [0.5, 0.6) is 11.5 Å². The van der Waals surface area contributed by atoms with Crippen molar-refractivity contribution in [3.05, 3.63) is 23.8 Å². The summed E-state index contributed by atoms with van der Waals surface area (Å²) < 4.78 is 10.5. The summed E-state index contributed by atoms with van der Waals surface area (Å²) >= 11 is 0. The molecule has 1 saturated carbocycles. The van der Waals surface area contributed by atoms with Crippen molar-refractivity contribution in [3.8, 4) is 11.5 Å². The molecule has 20 heavy (non-hydrogen) atoms. The lowest BCUT2D eigenvalue weighted by molar-refractivity contribution is -0.119. The van der Waals surface area contributed by atoms with Gasteiger partial charge in [0.2, 0.25) is 0 Å². The van der Waals surface area contributed by atoms with Gasteiger partial charge in [0.25, 0.3) is 0 Å². The van der Waals surface area contributed by atoms with Crippen LogP contribution in [0.1, 0.15) is 44.1 Å². The van der Waals surface area contributed by atoms with Gasteiger partial charge < -0.3 is 9.47 Å². The van der Waals surface area contributed by atoms with Gasteiger partial charge in [-0.25, -0.2) is 0 Å². The summed E-state index contributed by atoms with van der Waals surface area (Å²) in [7, 11) is 3.23. The molecule has 1 fully saturated rings. The van der Waals surface area contributed by atoms with Crippen LogP contribution in [0.25, 0.3) is 0 Å². The molecule has 0 heterocycles. The zero-order valence-corrected chi connectivity index (χ0v) is 12.5. The van der Waals surface area contributed by atoms with Crippen LogP contribution < -0.4 is 9.47 Å². The van der Waals surface area contributed by atoms with Gasteiger partial charge in [0, 0.05) is 12.8 Å². The average Bonchev–Trinajstić information content (AvgIpc) is 2.48. The molecule has 3 nitrogen and oxygen atoms in total. The number of rotatable bonds is 6. The van der Waals surface area contributed by atoms with E-state index in [2.05, 4.69) is 0 Å². The first-order chi connectivity index (χ1) is 9.72. The summed E-state index contributed by atoms with van der Waals surface area (Å²) in [6.45, 7) is 0. The first kappa shape index (κ1) is 14.9. The van der Waals surface area contributed by atoms with Crippen molar-refractivity contribution in [2.75, 3.05) is 14.2 Å². The number of hydrogen-bond donors (Lipinski definition) is 0. The Balaban J connectivity index is 1.93. The van der Waals surface area contributed by atoms with Crippen molar-refractivity contribution in [2.24, 2.45) is 5.92 Å². The highest BCUT2D eigenvalue weighted by Crippen LogP contribution is 2.29. The zero-order valence-electron chi connectivity index (χ0n) is 12.5. The maximum absolute atomic E-state index is 12.2. The minimum atomic E-state index is 0.337. The Hall–Kier alpha value is -1.51. The number of carbonyl (C=O) groups excluding carboxylic acids is 1. The molecule has 0 unspecified atom stereocenters. The van der Waals surface area contributed by atoms with Gasteiger partial charge in [-0.15, -0.1) is 0 Å². The van der Waals surface area contributed by atoms with Crippen molar-refractivity contribution < 1.29 is 14.3 Å². The molecular formula is C17H24O3. The molecule has 1 aromatic rings. The quantitative estimate of drug-likeness (QED) is 0.793. The topological polar surface area (TPSA) is 35.5 Å². The van der Waals surface area contributed by atoms with Crippen molar-refractivity contribution in [3.63, 3.8) is 0 Å². The number of Topliss-reactive ketones (excluding diaryl/α,β-unsaturated/α-hetero) is 1. The molecular weight excluding hydrogens is 252 g/mol. The Morgan fingerprint density at radius 1 is 1.10 bits per heavy atom. The predicted octanol–water partition coefficient (Wildman–Crippen LogP) is 3.79. The minimum Gasteiger partial charge on any atom is -0.493 e. The number of carbonyl (C=O) groups is 1. The van der Waals surface area contributed by atoms with Gasteiger partial charge in [0.1, 0.15) is 5.78 Å². The lowest BCUT2D eigenvalue weighted by atomic mass is 9.85. The number of benzene rings is 1. The van der Waals surface area contributed by atoms with Crippen LogP contribution in [0.3, 0.4) is 0 Å². The fourth-order valence-electron chi connectivity index (χ4n) is 3.00. The maximum atomic E-state index is 12.2. The molecule has 1 aromatic carbocycles. The van der Waals surface area contributed by atoms with E-state index < -0.39 is 0 Å². The second kappa shape index (κ2) is 7.32. The van der Waals surface area contributed by atoms with E-state index in [4.69, 9.17) is 9.47 Å². The fourth-order valence-corrected chi connectivity index (χ4v) is 3.00. The fraction of sp³-hybridized carbons (Fsp3) is 0.588. The van der Waals surface area contributed by atoms with Gasteiger partial charge >= 0.3 is 0 Å². The monoisotopic (exact) mass is 276 g/mol. The van der Waals surface area contributed by atoms with Gasteiger partial charge in [-0.05, 0) is 23.6 Å². The Morgan fingerprint density at radius 3 is 2.45 bits per heavy atom. The summed E-state index contributed by atoms with van der Waals surface area (Å²) in [5.74, 6) is 2.34. The van der Waals surface area contributed by atoms with Crippen LogP contribution in [0.4, 0.5) is 0 Å². The third-order valence-electron chi connectivity index (χ3n) is 4.09. The molecule has 110 valence electrons. The highest BCUT2D eigenvalue weighted by molar-refractivity contribution is 5.81. The molecule has 1 aliphatic carbocycles. The third-order valence-corrected chi connectivity index (χ3v) is 4.09. The lowest BCUT2D eigenvalue weighted by Crippen LogP contribution is -2.13. The zero-order chi connectivity index (χ0) is 14.4. The van der Waals surface area contributed by atoms with Gasteiger partial charge in [0.05, 0.1) is 14.2 Å². The van der Waals surface area contributed by atoms with Crippen molar-refractivity contribution in [1.82, 2.24) is 0 Å².